The number of aryl methyl sites for hydroxylation is 1. The lowest BCUT2D eigenvalue weighted by molar-refractivity contribution is 0.176. The van der Waals surface area contributed by atoms with Gasteiger partial charge in [0.05, 0.1) is 11.3 Å². The Morgan fingerprint density at radius 2 is 2.10 bits per heavy atom. The molecule has 0 spiro atoms. The zero-order chi connectivity index (χ0) is 21.8. The van der Waals surface area contributed by atoms with Crippen molar-refractivity contribution in [1.82, 2.24) is 20.0 Å². The van der Waals surface area contributed by atoms with Gasteiger partial charge in [0, 0.05) is 23.6 Å². The number of hydrogen-bond donors (Lipinski definition) is 4. The van der Waals surface area contributed by atoms with Crippen LogP contribution in [0.2, 0.25) is 0 Å². The smallest absolute Gasteiger partial charge is 0.320 e. The Bertz CT molecular complexity index is 982. The summed E-state index contributed by atoms with van der Waals surface area (Å²) in [7, 11) is -3.45. The van der Waals surface area contributed by atoms with Crippen molar-refractivity contribution in [3.05, 3.63) is 47.5 Å². The minimum atomic E-state index is -3.45. The summed E-state index contributed by atoms with van der Waals surface area (Å²) < 4.78 is 27.5. The first-order valence-corrected chi connectivity index (χ1v) is 12.1. The van der Waals surface area contributed by atoms with E-state index >= 15 is 0 Å². The maximum absolute atomic E-state index is 12.6. The molecular formula is C21H31N5O3S. The third-order valence-electron chi connectivity index (χ3n) is 5.36. The SMILES string of the molecule is CCCC(C)NS(=O)(=O)Cc1cccc(NC(=O)NC2(c3ncc(C)[nH]3)CCC2)c1. The maximum atomic E-state index is 12.6. The van der Waals surface area contributed by atoms with E-state index in [0.29, 0.717) is 11.3 Å². The average Bonchev–Trinajstić information content (AvgIpc) is 3.04. The first-order chi connectivity index (χ1) is 14.2. The number of aromatic nitrogens is 2. The number of anilines is 1. The van der Waals surface area contributed by atoms with Crippen LogP contribution in [-0.4, -0.2) is 30.5 Å². The van der Waals surface area contributed by atoms with Crippen molar-refractivity contribution in [3.8, 4) is 0 Å². The van der Waals surface area contributed by atoms with E-state index in [-0.39, 0.29) is 17.8 Å². The number of sulfonamides is 1. The Kier molecular flexibility index (Phi) is 6.82. The quantitative estimate of drug-likeness (QED) is 0.484. The molecule has 164 valence electrons. The summed E-state index contributed by atoms with van der Waals surface area (Å²) in [6, 6.07) is 6.48. The summed E-state index contributed by atoms with van der Waals surface area (Å²) in [5, 5.41) is 5.86. The standard InChI is InChI=1S/C21H31N5O3S/c1-4-7-15(2)26-30(28,29)14-17-8-5-9-18(12-17)24-20(27)25-21(10-6-11-21)19-22-13-16(3)23-19/h5,8-9,12-13,15,26H,4,6-7,10-11,14H2,1-3H3,(H,22,23)(H2,24,25,27). The first kappa shape index (κ1) is 22.3. The van der Waals surface area contributed by atoms with Crippen LogP contribution in [-0.2, 0) is 21.3 Å². The highest BCUT2D eigenvalue weighted by Crippen LogP contribution is 2.39. The van der Waals surface area contributed by atoms with E-state index in [1.165, 1.54) is 0 Å². The number of carbonyl (C=O) groups excluding carboxylic acids is 1. The number of imidazole rings is 1. The Hall–Kier alpha value is -2.39. The molecule has 1 atom stereocenters. The average molecular weight is 434 g/mol. The number of amides is 2. The zero-order valence-corrected chi connectivity index (χ0v) is 18.6. The number of rotatable bonds is 9. The third-order valence-corrected chi connectivity index (χ3v) is 6.83. The second-order valence-electron chi connectivity index (χ2n) is 8.20. The van der Waals surface area contributed by atoms with Gasteiger partial charge in [0.25, 0.3) is 0 Å². The van der Waals surface area contributed by atoms with Gasteiger partial charge in [-0.05, 0) is 57.2 Å². The van der Waals surface area contributed by atoms with Crippen LogP contribution in [0.3, 0.4) is 0 Å². The molecule has 8 nitrogen and oxygen atoms in total. The van der Waals surface area contributed by atoms with Gasteiger partial charge >= 0.3 is 6.03 Å². The van der Waals surface area contributed by atoms with Gasteiger partial charge in [-0.15, -0.1) is 0 Å². The molecule has 1 aromatic heterocycles. The van der Waals surface area contributed by atoms with Crippen molar-refractivity contribution in [3.63, 3.8) is 0 Å². The highest BCUT2D eigenvalue weighted by Gasteiger charge is 2.42. The van der Waals surface area contributed by atoms with E-state index in [1.807, 2.05) is 20.8 Å². The van der Waals surface area contributed by atoms with Gasteiger partial charge in [-0.25, -0.2) is 22.9 Å². The van der Waals surface area contributed by atoms with Crippen LogP contribution < -0.4 is 15.4 Å². The second-order valence-corrected chi connectivity index (χ2v) is 9.95. The fourth-order valence-corrected chi connectivity index (χ4v) is 5.22. The third kappa shape index (κ3) is 5.60. The van der Waals surface area contributed by atoms with Crippen LogP contribution in [0.4, 0.5) is 10.5 Å². The van der Waals surface area contributed by atoms with Gasteiger partial charge < -0.3 is 15.6 Å². The number of hydrogen-bond acceptors (Lipinski definition) is 4. The molecule has 1 saturated carbocycles. The van der Waals surface area contributed by atoms with Crippen LogP contribution in [0.25, 0.3) is 0 Å². The molecule has 1 fully saturated rings. The van der Waals surface area contributed by atoms with Gasteiger partial charge in [0.15, 0.2) is 0 Å². The van der Waals surface area contributed by atoms with Crippen LogP contribution in [0.15, 0.2) is 30.5 Å². The molecule has 1 aromatic carbocycles. The van der Waals surface area contributed by atoms with Crippen molar-refractivity contribution < 1.29 is 13.2 Å². The minimum absolute atomic E-state index is 0.101. The molecule has 1 aliphatic carbocycles. The van der Waals surface area contributed by atoms with E-state index in [9.17, 15) is 13.2 Å². The lowest BCUT2D eigenvalue weighted by Gasteiger charge is -2.40. The van der Waals surface area contributed by atoms with Crippen molar-refractivity contribution >= 4 is 21.7 Å². The van der Waals surface area contributed by atoms with Crippen LogP contribution >= 0.6 is 0 Å². The number of carbonyl (C=O) groups is 1. The highest BCUT2D eigenvalue weighted by molar-refractivity contribution is 7.88. The molecule has 9 heteroatoms. The predicted molar refractivity (Wildman–Crippen MR) is 118 cm³/mol. The molecular weight excluding hydrogens is 402 g/mol. The fourth-order valence-electron chi connectivity index (χ4n) is 3.79. The summed E-state index contributed by atoms with van der Waals surface area (Å²) in [4.78, 5) is 20.2. The van der Waals surface area contributed by atoms with Gasteiger partial charge in [-0.1, -0.05) is 25.5 Å². The Balaban J connectivity index is 1.63. The molecule has 0 bridgehead atoms. The second kappa shape index (κ2) is 9.18. The number of H-pyrrole nitrogens is 1. The number of urea groups is 1. The molecule has 0 saturated heterocycles. The summed E-state index contributed by atoms with van der Waals surface area (Å²) in [5.74, 6) is 0.641. The Morgan fingerprint density at radius 1 is 1.33 bits per heavy atom. The van der Waals surface area contributed by atoms with E-state index in [0.717, 1.165) is 43.6 Å². The summed E-state index contributed by atoms with van der Waals surface area (Å²) in [6.07, 6.45) is 6.14. The summed E-state index contributed by atoms with van der Waals surface area (Å²) in [5.41, 5.74) is 1.64. The summed E-state index contributed by atoms with van der Waals surface area (Å²) >= 11 is 0. The molecule has 2 amide bonds. The lowest BCUT2D eigenvalue weighted by Crippen LogP contribution is -2.52. The molecule has 2 aromatic rings. The van der Waals surface area contributed by atoms with Gasteiger partial charge in [0.1, 0.15) is 5.82 Å². The lowest BCUT2D eigenvalue weighted by atomic mass is 9.76. The van der Waals surface area contributed by atoms with Crippen molar-refractivity contribution in [1.29, 1.82) is 0 Å². The molecule has 1 aliphatic rings. The Labute approximate surface area is 178 Å². The normalized spacial score (nSPS) is 16.5. The van der Waals surface area contributed by atoms with Crippen molar-refractivity contribution in [2.24, 2.45) is 0 Å². The van der Waals surface area contributed by atoms with Crippen molar-refractivity contribution in [2.75, 3.05) is 5.32 Å². The number of aromatic amines is 1. The molecule has 1 heterocycles. The number of nitrogens with one attached hydrogen (secondary N) is 4. The minimum Gasteiger partial charge on any atom is -0.344 e. The van der Waals surface area contributed by atoms with Crippen LogP contribution in [0.1, 0.15) is 63.0 Å². The molecule has 30 heavy (non-hydrogen) atoms. The molecule has 0 aliphatic heterocycles. The van der Waals surface area contributed by atoms with Crippen molar-refractivity contribution in [2.45, 2.75) is 70.2 Å². The molecule has 0 radical (unpaired) electrons. The number of nitrogens with zero attached hydrogens (tertiary/aromatic N) is 1. The topological polar surface area (TPSA) is 116 Å². The zero-order valence-electron chi connectivity index (χ0n) is 17.8. The first-order valence-electron chi connectivity index (χ1n) is 10.4. The van der Waals surface area contributed by atoms with E-state index in [1.54, 1.807) is 30.5 Å². The van der Waals surface area contributed by atoms with Gasteiger partial charge in [-0.3, -0.25) is 0 Å². The summed E-state index contributed by atoms with van der Waals surface area (Å²) in [6.45, 7) is 5.81. The maximum Gasteiger partial charge on any atom is 0.320 e. The fraction of sp³-hybridized carbons (Fsp3) is 0.524. The van der Waals surface area contributed by atoms with E-state index < -0.39 is 15.6 Å². The van der Waals surface area contributed by atoms with E-state index in [4.69, 9.17) is 0 Å². The highest BCUT2D eigenvalue weighted by atomic mass is 32.2. The predicted octanol–water partition coefficient (Wildman–Crippen LogP) is 3.53. The molecule has 4 N–H and O–H groups in total. The van der Waals surface area contributed by atoms with Crippen LogP contribution in [0.5, 0.6) is 0 Å². The largest absolute Gasteiger partial charge is 0.344 e. The van der Waals surface area contributed by atoms with Crippen LogP contribution in [0, 0.1) is 6.92 Å². The Morgan fingerprint density at radius 3 is 2.70 bits per heavy atom. The molecule has 3 rings (SSSR count). The number of benzene rings is 1. The molecule has 1 unspecified atom stereocenters. The monoisotopic (exact) mass is 433 g/mol. The van der Waals surface area contributed by atoms with Gasteiger partial charge in [-0.2, -0.15) is 0 Å². The van der Waals surface area contributed by atoms with E-state index in [2.05, 4.69) is 25.3 Å². The van der Waals surface area contributed by atoms with Gasteiger partial charge in [0.2, 0.25) is 10.0 Å².